The van der Waals surface area contributed by atoms with Gasteiger partial charge in [-0.3, -0.25) is 14.9 Å². The number of carbonyl (C=O) groups is 1. The van der Waals surface area contributed by atoms with Crippen molar-refractivity contribution in [2.45, 2.75) is 19.8 Å². The number of sulfone groups is 1. The number of nitro groups is 1. The fraction of sp³-hybridized carbons (Fsp3) is 0.417. The molecule has 0 aliphatic heterocycles. The number of nitrogens with one attached hydrogen (secondary N) is 1. The van der Waals surface area contributed by atoms with E-state index in [1.165, 1.54) is 12.1 Å². The molecule has 1 rings (SSSR count). The van der Waals surface area contributed by atoms with E-state index in [1.807, 2.05) is 0 Å². The Morgan fingerprint density at radius 2 is 2.05 bits per heavy atom. The highest BCUT2D eigenvalue weighted by atomic mass is 32.2. The molecule has 0 radical (unpaired) electrons. The number of aryl methyl sites for hydroxylation is 1. The Kier molecular flexibility index (Phi) is 5.20. The van der Waals surface area contributed by atoms with Gasteiger partial charge in [-0.1, -0.05) is 6.07 Å². The van der Waals surface area contributed by atoms with Crippen LogP contribution < -0.4 is 5.32 Å². The third kappa shape index (κ3) is 5.35. The lowest BCUT2D eigenvalue weighted by Gasteiger charge is -2.08. The summed E-state index contributed by atoms with van der Waals surface area (Å²) in [4.78, 5) is 21.8. The Morgan fingerprint density at radius 3 is 2.60 bits per heavy atom. The molecule has 0 atom stereocenters. The summed E-state index contributed by atoms with van der Waals surface area (Å²) in [6.45, 7) is 1.72. The SMILES string of the molecule is Cc1ccc([N+](=O)[O-])cc1NC(=O)CCCS(C)(=O)=O. The van der Waals surface area contributed by atoms with Crippen LogP contribution in [0.5, 0.6) is 0 Å². The lowest BCUT2D eigenvalue weighted by atomic mass is 10.1. The minimum atomic E-state index is -3.09. The number of hydrogen-bond acceptors (Lipinski definition) is 5. The van der Waals surface area contributed by atoms with E-state index in [1.54, 1.807) is 13.0 Å². The fourth-order valence-corrected chi connectivity index (χ4v) is 2.23. The van der Waals surface area contributed by atoms with Crippen LogP contribution in [-0.4, -0.2) is 31.3 Å². The van der Waals surface area contributed by atoms with Crippen molar-refractivity contribution in [2.75, 3.05) is 17.3 Å². The molecule has 0 saturated carbocycles. The number of nitrogens with zero attached hydrogens (tertiary/aromatic N) is 1. The van der Waals surface area contributed by atoms with Gasteiger partial charge in [-0.15, -0.1) is 0 Å². The first-order valence-corrected chi connectivity index (χ1v) is 7.98. The Labute approximate surface area is 117 Å². The van der Waals surface area contributed by atoms with Gasteiger partial charge in [0.2, 0.25) is 5.91 Å². The van der Waals surface area contributed by atoms with Gasteiger partial charge in [0.25, 0.3) is 5.69 Å². The van der Waals surface area contributed by atoms with Gasteiger partial charge in [-0.25, -0.2) is 8.42 Å². The number of anilines is 1. The Balaban J connectivity index is 2.66. The van der Waals surface area contributed by atoms with Crippen molar-refractivity contribution in [3.63, 3.8) is 0 Å². The third-order valence-electron chi connectivity index (χ3n) is 2.63. The number of rotatable bonds is 6. The molecule has 0 aromatic heterocycles. The second-order valence-electron chi connectivity index (χ2n) is 4.54. The van der Waals surface area contributed by atoms with E-state index < -0.39 is 14.8 Å². The molecule has 0 spiro atoms. The van der Waals surface area contributed by atoms with Crippen LogP contribution in [0.15, 0.2) is 18.2 Å². The van der Waals surface area contributed by atoms with Crippen molar-refractivity contribution in [1.29, 1.82) is 0 Å². The van der Waals surface area contributed by atoms with Gasteiger partial charge in [0.05, 0.1) is 16.4 Å². The Hall–Kier alpha value is -1.96. The van der Waals surface area contributed by atoms with Crippen molar-refractivity contribution in [3.8, 4) is 0 Å². The smallest absolute Gasteiger partial charge is 0.271 e. The molecule has 1 aromatic rings. The first-order valence-electron chi connectivity index (χ1n) is 5.91. The van der Waals surface area contributed by atoms with E-state index in [0.717, 1.165) is 6.26 Å². The zero-order chi connectivity index (χ0) is 15.3. The molecule has 0 unspecified atom stereocenters. The average molecular weight is 300 g/mol. The minimum Gasteiger partial charge on any atom is -0.326 e. The van der Waals surface area contributed by atoms with Crippen molar-refractivity contribution in [2.24, 2.45) is 0 Å². The summed E-state index contributed by atoms with van der Waals surface area (Å²) < 4.78 is 21.9. The summed E-state index contributed by atoms with van der Waals surface area (Å²) in [5.41, 5.74) is 0.956. The maximum Gasteiger partial charge on any atom is 0.271 e. The first kappa shape index (κ1) is 16.1. The van der Waals surface area contributed by atoms with Crippen LogP contribution >= 0.6 is 0 Å². The summed E-state index contributed by atoms with van der Waals surface area (Å²) >= 11 is 0. The highest BCUT2D eigenvalue weighted by Crippen LogP contribution is 2.22. The van der Waals surface area contributed by atoms with E-state index in [9.17, 15) is 23.3 Å². The predicted molar refractivity (Wildman–Crippen MR) is 75.4 cm³/mol. The molecule has 0 bridgehead atoms. The van der Waals surface area contributed by atoms with Crippen LogP contribution in [0.1, 0.15) is 18.4 Å². The maximum atomic E-state index is 11.7. The normalized spacial score (nSPS) is 11.1. The van der Waals surface area contributed by atoms with Crippen LogP contribution in [0.3, 0.4) is 0 Å². The summed E-state index contributed by atoms with van der Waals surface area (Å²) in [7, 11) is -3.09. The van der Waals surface area contributed by atoms with Crippen molar-refractivity contribution < 1.29 is 18.1 Å². The van der Waals surface area contributed by atoms with Crippen molar-refractivity contribution in [3.05, 3.63) is 33.9 Å². The molecule has 1 aromatic carbocycles. The number of benzene rings is 1. The highest BCUT2D eigenvalue weighted by molar-refractivity contribution is 7.90. The van der Waals surface area contributed by atoms with Crippen LogP contribution in [0.25, 0.3) is 0 Å². The third-order valence-corrected chi connectivity index (χ3v) is 3.66. The molecule has 7 nitrogen and oxygen atoms in total. The van der Waals surface area contributed by atoms with E-state index >= 15 is 0 Å². The Bertz CT molecular complexity index is 625. The molecular formula is C12H16N2O5S. The van der Waals surface area contributed by atoms with Gasteiger partial charge in [0.1, 0.15) is 9.84 Å². The lowest BCUT2D eigenvalue weighted by Crippen LogP contribution is -2.14. The zero-order valence-corrected chi connectivity index (χ0v) is 12.1. The average Bonchev–Trinajstić information content (AvgIpc) is 2.30. The quantitative estimate of drug-likeness (QED) is 0.635. The van der Waals surface area contributed by atoms with E-state index in [4.69, 9.17) is 0 Å². The van der Waals surface area contributed by atoms with E-state index in [0.29, 0.717) is 11.3 Å². The number of non-ortho nitro benzene ring substituents is 1. The van der Waals surface area contributed by atoms with Crippen LogP contribution in [0, 0.1) is 17.0 Å². The molecule has 0 heterocycles. The summed E-state index contributed by atoms with van der Waals surface area (Å²) in [5.74, 6) is -0.425. The van der Waals surface area contributed by atoms with Crippen LogP contribution in [-0.2, 0) is 14.6 Å². The predicted octanol–water partition coefficient (Wildman–Crippen LogP) is 1.67. The van der Waals surface area contributed by atoms with Gasteiger partial charge in [-0.05, 0) is 18.9 Å². The van der Waals surface area contributed by atoms with Gasteiger partial charge in [-0.2, -0.15) is 0 Å². The minimum absolute atomic E-state index is 0.0508. The van der Waals surface area contributed by atoms with Gasteiger partial charge < -0.3 is 5.32 Å². The molecule has 0 aliphatic carbocycles. The molecule has 20 heavy (non-hydrogen) atoms. The summed E-state index contributed by atoms with van der Waals surface area (Å²) in [5, 5.41) is 13.2. The number of carbonyl (C=O) groups excluding carboxylic acids is 1. The first-order chi connectivity index (χ1) is 9.19. The lowest BCUT2D eigenvalue weighted by molar-refractivity contribution is -0.384. The molecule has 0 aliphatic rings. The number of amides is 1. The van der Waals surface area contributed by atoms with Gasteiger partial charge in [0, 0.05) is 24.8 Å². The topological polar surface area (TPSA) is 106 Å². The van der Waals surface area contributed by atoms with Crippen LogP contribution in [0.2, 0.25) is 0 Å². The zero-order valence-electron chi connectivity index (χ0n) is 11.3. The van der Waals surface area contributed by atoms with Gasteiger partial charge >= 0.3 is 0 Å². The molecule has 0 saturated heterocycles. The summed E-state index contributed by atoms with van der Waals surface area (Å²) in [6.07, 6.45) is 1.38. The molecule has 1 amide bonds. The largest absolute Gasteiger partial charge is 0.326 e. The molecule has 110 valence electrons. The maximum absolute atomic E-state index is 11.7. The fourth-order valence-electron chi connectivity index (χ4n) is 1.57. The van der Waals surface area contributed by atoms with Crippen molar-refractivity contribution >= 4 is 27.1 Å². The van der Waals surface area contributed by atoms with Crippen molar-refractivity contribution in [1.82, 2.24) is 0 Å². The Morgan fingerprint density at radius 1 is 1.40 bits per heavy atom. The monoisotopic (exact) mass is 300 g/mol. The molecule has 1 N–H and O–H groups in total. The number of hydrogen-bond donors (Lipinski definition) is 1. The van der Waals surface area contributed by atoms with Gasteiger partial charge in [0.15, 0.2) is 0 Å². The second-order valence-corrected chi connectivity index (χ2v) is 6.80. The van der Waals surface area contributed by atoms with E-state index in [2.05, 4.69) is 5.32 Å². The molecule has 8 heteroatoms. The standard InChI is InChI=1S/C12H16N2O5S/c1-9-5-6-10(14(16)17)8-11(9)13-12(15)4-3-7-20(2,18)19/h5-6,8H,3-4,7H2,1-2H3,(H,13,15). The van der Waals surface area contributed by atoms with E-state index in [-0.39, 0.29) is 30.2 Å². The highest BCUT2D eigenvalue weighted by Gasteiger charge is 2.11. The number of nitro benzene ring substituents is 1. The molecular weight excluding hydrogens is 284 g/mol. The molecule has 0 fully saturated rings. The second kappa shape index (κ2) is 6.47. The van der Waals surface area contributed by atoms with Crippen LogP contribution in [0.4, 0.5) is 11.4 Å². The summed E-state index contributed by atoms with van der Waals surface area (Å²) in [6, 6.07) is 4.18.